The second-order valence-corrected chi connectivity index (χ2v) is 5.84. The van der Waals surface area contributed by atoms with Crippen molar-refractivity contribution in [3.05, 3.63) is 53.0 Å². The molecule has 0 bridgehead atoms. The zero-order valence-corrected chi connectivity index (χ0v) is 14.2. The number of rotatable bonds is 6. The highest BCUT2D eigenvalue weighted by Gasteiger charge is 2.36. The summed E-state index contributed by atoms with van der Waals surface area (Å²) < 4.78 is 83.6. The third-order valence-corrected chi connectivity index (χ3v) is 3.71. The molecule has 0 amide bonds. The molecule has 1 aromatic heterocycles. The highest BCUT2D eigenvalue weighted by molar-refractivity contribution is 5.55. The van der Waals surface area contributed by atoms with Gasteiger partial charge in [0.15, 0.2) is 0 Å². The number of hydrogen-bond acceptors (Lipinski definition) is 4. The molecule has 4 nitrogen and oxygen atoms in total. The van der Waals surface area contributed by atoms with Gasteiger partial charge < -0.3 is 9.32 Å². The minimum atomic E-state index is -4.89. The van der Waals surface area contributed by atoms with Crippen LogP contribution < -0.4 is 4.90 Å². The molecule has 0 saturated carbocycles. The van der Waals surface area contributed by atoms with Crippen molar-refractivity contribution in [2.24, 2.45) is 0 Å². The average Bonchev–Trinajstić information content (AvgIpc) is 3.04. The molecule has 2 aromatic rings. The maximum absolute atomic E-state index is 13.1. The van der Waals surface area contributed by atoms with Gasteiger partial charge in [-0.1, -0.05) is 0 Å². The maximum atomic E-state index is 13.1. The summed E-state index contributed by atoms with van der Waals surface area (Å²) in [5.41, 5.74) is -2.34. The first-order chi connectivity index (χ1) is 13.0. The highest BCUT2D eigenvalue weighted by atomic mass is 19.4. The number of anilines is 1. The molecule has 10 heteroatoms. The Bertz CT molecular complexity index is 902. The van der Waals surface area contributed by atoms with E-state index in [9.17, 15) is 26.3 Å². The van der Waals surface area contributed by atoms with E-state index in [0.717, 1.165) is 12.1 Å². The Labute approximate surface area is 156 Å². The number of halogens is 6. The molecular formula is C18H13F6N3O. The SMILES string of the molecule is N#CCCc1ccc(CN(CC(F)(F)F)c2ccc(C#N)c(C(F)(F)F)c2)o1. The van der Waals surface area contributed by atoms with E-state index in [0.29, 0.717) is 16.7 Å². The van der Waals surface area contributed by atoms with Crippen molar-refractivity contribution in [3.8, 4) is 12.1 Å². The van der Waals surface area contributed by atoms with Crippen molar-refractivity contribution in [2.45, 2.75) is 31.7 Å². The van der Waals surface area contributed by atoms with Crippen LogP contribution in [0.1, 0.15) is 29.1 Å². The van der Waals surface area contributed by atoms with Crippen LogP contribution in [-0.4, -0.2) is 12.7 Å². The molecule has 0 N–H and O–H groups in total. The van der Waals surface area contributed by atoms with Crippen LogP contribution >= 0.6 is 0 Å². The molecule has 0 unspecified atom stereocenters. The number of furan rings is 1. The second kappa shape index (κ2) is 8.26. The summed E-state index contributed by atoms with van der Waals surface area (Å²) in [6, 6.07) is 8.57. The molecule has 0 aliphatic rings. The molecule has 0 saturated heterocycles. The quantitative estimate of drug-likeness (QED) is 0.625. The summed E-state index contributed by atoms with van der Waals surface area (Å²) >= 11 is 0. The van der Waals surface area contributed by atoms with Gasteiger partial charge in [0, 0.05) is 18.5 Å². The standard InChI is InChI=1S/C18H13F6N3O/c19-17(20,21)11-27(10-15-6-5-14(28-15)2-1-7-25)13-4-3-12(9-26)16(8-13)18(22,23)24/h3-6,8H,1-2,10-11H2. The van der Waals surface area contributed by atoms with Gasteiger partial charge in [0.2, 0.25) is 0 Å². The van der Waals surface area contributed by atoms with E-state index in [-0.39, 0.29) is 24.3 Å². The van der Waals surface area contributed by atoms with Crippen LogP contribution in [-0.2, 0) is 19.1 Å². The van der Waals surface area contributed by atoms with E-state index in [1.165, 1.54) is 18.2 Å². The Morgan fingerprint density at radius 3 is 2.21 bits per heavy atom. The molecule has 2 rings (SSSR count). The number of nitrogens with zero attached hydrogens (tertiary/aromatic N) is 3. The fraction of sp³-hybridized carbons (Fsp3) is 0.333. The predicted octanol–water partition coefficient (Wildman–Crippen LogP) is 5.20. The molecule has 0 fully saturated rings. The fourth-order valence-electron chi connectivity index (χ4n) is 2.52. The van der Waals surface area contributed by atoms with Crippen molar-refractivity contribution in [2.75, 3.05) is 11.4 Å². The molecule has 0 radical (unpaired) electrons. The van der Waals surface area contributed by atoms with Crippen LogP contribution in [0.5, 0.6) is 0 Å². The zero-order valence-electron chi connectivity index (χ0n) is 14.2. The van der Waals surface area contributed by atoms with Crippen molar-refractivity contribution >= 4 is 5.69 Å². The van der Waals surface area contributed by atoms with Gasteiger partial charge in [-0.3, -0.25) is 0 Å². The predicted molar refractivity (Wildman–Crippen MR) is 85.9 cm³/mol. The van der Waals surface area contributed by atoms with Crippen molar-refractivity contribution in [1.82, 2.24) is 0 Å². The summed E-state index contributed by atoms with van der Waals surface area (Å²) in [6.45, 7) is -1.94. The lowest BCUT2D eigenvalue weighted by Gasteiger charge is -2.26. The summed E-state index contributed by atoms with van der Waals surface area (Å²) in [6.07, 6.45) is -9.14. The Morgan fingerprint density at radius 2 is 1.64 bits per heavy atom. The lowest BCUT2D eigenvalue weighted by atomic mass is 10.1. The first kappa shape index (κ1) is 21.2. The normalized spacial score (nSPS) is 11.7. The van der Waals surface area contributed by atoms with E-state index in [1.807, 2.05) is 6.07 Å². The molecule has 0 spiro atoms. The third-order valence-electron chi connectivity index (χ3n) is 3.71. The smallest absolute Gasteiger partial charge is 0.417 e. The number of alkyl halides is 6. The second-order valence-electron chi connectivity index (χ2n) is 5.84. The minimum Gasteiger partial charge on any atom is -0.464 e. The van der Waals surface area contributed by atoms with Crippen LogP contribution in [0.2, 0.25) is 0 Å². The molecule has 1 heterocycles. The summed E-state index contributed by atoms with van der Waals surface area (Å²) in [5.74, 6) is 0.495. The van der Waals surface area contributed by atoms with Crippen LogP contribution in [0.25, 0.3) is 0 Å². The molecule has 148 valence electrons. The topological polar surface area (TPSA) is 64.0 Å². The van der Waals surface area contributed by atoms with E-state index in [4.69, 9.17) is 14.9 Å². The van der Waals surface area contributed by atoms with Gasteiger partial charge in [-0.15, -0.1) is 0 Å². The highest BCUT2D eigenvalue weighted by Crippen LogP contribution is 2.35. The van der Waals surface area contributed by atoms with E-state index in [1.54, 1.807) is 0 Å². The molecular weight excluding hydrogens is 388 g/mol. The Hall–Kier alpha value is -3.14. The maximum Gasteiger partial charge on any atom is 0.417 e. The van der Waals surface area contributed by atoms with Gasteiger partial charge >= 0.3 is 12.4 Å². The van der Waals surface area contributed by atoms with Crippen molar-refractivity contribution < 1.29 is 30.8 Å². The van der Waals surface area contributed by atoms with Crippen LogP contribution in [0, 0.1) is 22.7 Å². The Morgan fingerprint density at radius 1 is 0.964 bits per heavy atom. The van der Waals surface area contributed by atoms with Gasteiger partial charge in [0.05, 0.1) is 29.8 Å². The number of aryl methyl sites for hydroxylation is 1. The number of benzene rings is 1. The van der Waals surface area contributed by atoms with Crippen LogP contribution in [0.15, 0.2) is 34.7 Å². The summed E-state index contributed by atoms with van der Waals surface area (Å²) in [4.78, 5) is 0.684. The van der Waals surface area contributed by atoms with Gasteiger partial charge in [-0.2, -0.15) is 36.9 Å². The van der Waals surface area contributed by atoms with Crippen LogP contribution in [0.4, 0.5) is 32.0 Å². The first-order valence-corrected chi connectivity index (χ1v) is 7.91. The molecule has 1 aromatic carbocycles. The van der Waals surface area contributed by atoms with Gasteiger partial charge in [0.25, 0.3) is 0 Å². The molecule has 0 aliphatic carbocycles. The van der Waals surface area contributed by atoms with E-state index >= 15 is 0 Å². The monoisotopic (exact) mass is 401 g/mol. The molecule has 0 aliphatic heterocycles. The van der Waals surface area contributed by atoms with Crippen LogP contribution in [0.3, 0.4) is 0 Å². The lowest BCUT2D eigenvalue weighted by Crippen LogP contribution is -2.34. The summed E-state index contributed by atoms with van der Waals surface area (Å²) in [5, 5.41) is 17.4. The van der Waals surface area contributed by atoms with Gasteiger partial charge in [-0.25, -0.2) is 0 Å². The fourth-order valence-corrected chi connectivity index (χ4v) is 2.52. The lowest BCUT2D eigenvalue weighted by molar-refractivity contribution is -0.137. The van der Waals surface area contributed by atoms with Crippen molar-refractivity contribution in [3.63, 3.8) is 0 Å². The largest absolute Gasteiger partial charge is 0.464 e. The molecule has 0 atom stereocenters. The third kappa shape index (κ3) is 5.68. The van der Waals surface area contributed by atoms with E-state index < -0.39 is 36.6 Å². The van der Waals surface area contributed by atoms with Gasteiger partial charge in [-0.05, 0) is 30.3 Å². The number of hydrogen-bond donors (Lipinski definition) is 0. The molecule has 28 heavy (non-hydrogen) atoms. The zero-order chi connectivity index (χ0) is 20.9. The minimum absolute atomic E-state index is 0.107. The van der Waals surface area contributed by atoms with Gasteiger partial charge in [0.1, 0.15) is 18.1 Å². The Kier molecular flexibility index (Phi) is 6.24. The average molecular weight is 401 g/mol. The Balaban J connectivity index is 2.37. The van der Waals surface area contributed by atoms with E-state index in [2.05, 4.69) is 0 Å². The first-order valence-electron chi connectivity index (χ1n) is 7.91. The number of nitriles is 2. The van der Waals surface area contributed by atoms with Crippen molar-refractivity contribution in [1.29, 1.82) is 10.5 Å². The summed E-state index contributed by atoms with van der Waals surface area (Å²) in [7, 11) is 0.